The van der Waals surface area contributed by atoms with Crippen molar-refractivity contribution in [3.05, 3.63) is 35.4 Å². The van der Waals surface area contributed by atoms with Crippen LogP contribution in [-0.4, -0.2) is 30.6 Å². The lowest BCUT2D eigenvalue weighted by Gasteiger charge is -2.17. The molecule has 0 radical (unpaired) electrons. The van der Waals surface area contributed by atoms with Crippen molar-refractivity contribution in [2.45, 2.75) is 50.0 Å². The molecule has 2 aliphatic rings. The lowest BCUT2D eigenvalue weighted by atomic mass is 9.90. The Labute approximate surface area is 117 Å². The minimum Gasteiger partial charge on any atom is -0.325 e. The van der Waals surface area contributed by atoms with E-state index < -0.39 is 0 Å². The van der Waals surface area contributed by atoms with Crippen LogP contribution >= 0.6 is 0 Å². The molecule has 1 heterocycles. The molecule has 1 aliphatic carbocycles. The monoisotopic (exact) mass is 258 g/mol. The van der Waals surface area contributed by atoms with Crippen LogP contribution in [0.1, 0.15) is 49.1 Å². The predicted octanol–water partition coefficient (Wildman–Crippen LogP) is 2.92. The molecule has 1 aliphatic heterocycles. The van der Waals surface area contributed by atoms with Gasteiger partial charge in [-0.25, -0.2) is 0 Å². The van der Waals surface area contributed by atoms with Gasteiger partial charge < -0.3 is 10.6 Å². The molecule has 0 spiro atoms. The van der Waals surface area contributed by atoms with Crippen molar-refractivity contribution in [1.29, 1.82) is 0 Å². The molecule has 1 aromatic rings. The van der Waals surface area contributed by atoms with Gasteiger partial charge in [-0.15, -0.1) is 0 Å². The molecule has 2 N–H and O–H groups in total. The Morgan fingerprint density at radius 3 is 2.89 bits per heavy atom. The van der Waals surface area contributed by atoms with Crippen LogP contribution < -0.4 is 5.73 Å². The summed E-state index contributed by atoms with van der Waals surface area (Å²) in [4.78, 5) is 2.46. The molecule has 3 rings (SSSR count). The maximum Gasteiger partial charge on any atom is 0.0196 e. The molecule has 0 amide bonds. The van der Waals surface area contributed by atoms with Gasteiger partial charge >= 0.3 is 0 Å². The summed E-state index contributed by atoms with van der Waals surface area (Å²) in [5, 5.41) is 0. The SMILES string of the molecule is CN1CCCC(c2cccc(CC3(N)CC3)c2)CC1. The zero-order valence-corrected chi connectivity index (χ0v) is 12.1. The van der Waals surface area contributed by atoms with Gasteiger partial charge in [0.15, 0.2) is 0 Å². The Morgan fingerprint density at radius 2 is 2.11 bits per heavy atom. The van der Waals surface area contributed by atoms with Crippen molar-refractivity contribution in [1.82, 2.24) is 4.90 Å². The van der Waals surface area contributed by atoms with Crippen LogP contribution in [-0.2, 0) is 6.42 Å². The van der Waals surface area contributed by atoms with Crippen LogP contribution in [0.25, 0.3) is 0 Å². The summed E-state index contributed by atoms with van der Waals surface area (Å²) in [5.41, 5.74) is 9.35. The molecule has 1 aromatic carbocycles. The quantitative estimate of drug-likeness (QED) is 0.903. The zero-order chi connectivity index (χ0) is 13.3. The van der Waals surface area contributed by atoms with E-state index in [1.54, 1.807) is 0 Å². The lowest BCUT2D eigenvalue weighted by Crippen LogP contribution is -2.24. The van der Waals surface area contributed by atoms with E-state index in [-0.39, 0.29) is 5.54 Å². The second-order valence-electron chi connectivity index (χ2n) is 6.72. The van der Waals surface area contributed by atoms with Crippen LogP contribution in [0.4, 0.5) is 0 Å². The Hall–Kier alpha value is -0.860. The van der Waals surface area contributed by atoms with E-state index in [0.717, 1.165) is 12.3 Å². The Balaban J connectivity index is 1.71. The molecule has 1 saturated carbocycles. The van der Waals surface area contributed by atoms with Crippen LogP contribution in [0, 0.1) is 0 Å². The van der Waals surface area contributed by atoms with E-state index in [2.05, 4.69) is 36.2 Å². The lowest BCUT2D eigenvalue weighted by molar-refractivity contribution is 0.347. The van der Waals surface area contributed by atoms with E-state index in [0.29, 0.717) is 0 Å². The summed E-state index contributed by atoms with van der Waals surface area (Å²) in [7, 11) is 2.24. The number of nitrogens with two attached hydrogens (primary N) is 1. The summed E-state index contributed by atoms with van der Waals surface area (Å²) in [6.45, 7) is 2.48. The highest BCUT2D eigenvalue weighted by atomic mass is 15.1. The topological polar surface area (TPSA) is 29.3 Å². The number of hydrogen-bond acceptors (Lipinski definition) is 2. The van der Waals surface area contributed by atoms with Gasteiger partial charge in [-0.3, -0.25) is 0 Å². The molecule has 2 fully saturated rings. The first kappa shape index (κ1) is 13.1. The van der Waals surface area contributed by atoms with Crippen molar-refractivity contribution in [2.75, 3.05) is 20.1 Å². The molecule has 1 unspecified atom stereocenters. The molecule has 0 bridgehead atoms. The Bertz CT molecular complexity index is 437. The van der Waals surface area contributed by atoms with E-state index in [4.69, 9.17) is 5.73 Å². The molecule has 1 atom stereocenters. The summed E-state index contributed by atoms with van der Waals surface area (Å²) >= 11 is 0. The van der Waals surface area contributed by atoms with Crippen LogP contribution in [0.3, 0.4) is 0 Å². The number of likely N-dealkylation sites (tertiary alicyclic amines) is 1. The summed E-state index contributed by atoms with van der Waals surface area (Å²) in [5.74, 6) is 0.748. The van der Waals surface area contributed by atoms with Crippen molar-refractivity contribution in [2.24, 2.45) is 5.73 Å². The highest BCUT2D eigenvalue weighted by Crippen LogP contribution is 2.36. The van der Waals surface area contributed by atoms with Crippen molar-refractivity contribution < 1.29 is 0 Å². The van der Waals surface area contributed by atoms with Gasteiger partial charge in [0.1, 0.15) is 0 Å². The fraction of sp³-hybridized carbons (Fsp3) is 0.647. The fourth-order valence-corrected chi connectivity index (χ4v) is 3.27. The summed E-state index contributed by atoms with van der Waals surface area (Å²) in [6.07, 6.45) is 7.42. The molecule has 2 heteroatoms. The van der Waals surface area contributed by atoms with Gasteiger partial charge in [0, 0.05) is 5.54 Å². The highest BCUT2D eigenvalue weighted by molar-refractivity contribution is 5.29. The predicted molar refractivity (Wildman–Crippen MR) is 80.4 cm³/mol. The van der Waals surface area contributed by atoms with Crippen molar-refractivity contribution >= 4 is 0 Å². The third kappa shape index (κ3) is 3.37. The van der Waals surface area contributed by atoms with Crippen LogP contribution in [0.15, 0.2) is 24.3 Å². The van der Waals surface area contributed by atoms with Gasteiger partial charge in [0.2, 0.25) is 0 Å². The average Bonchev–Trinajstić information content (AvgIpc) is 3.14. The van der Waals surface area contributed by atoms with E-state index in [1.165, 1.54) is 56.3 Å². The first-order chi connectivity index (χ1) is 9.15. The smallest absolute Gasteiger partial charge is 0.0196 e. The molecule has 1 saturated heterocycles. The number of benzene rings is 1. The van der Waals surface area contributed by atoms with E-state index >= 15 is 0 Å². The minimum absolute atomic E-state index is 0.127. The van der Waals surface area contributed by atoms with Gasteiger partial charge in [-0.2, -0.15) is 0 Å². The van der Waals surface area contributed by atoms with Gasteiger partial charge in [0.05, 0.1) is 0 Å². The second kappa shape index (κ2) is 5.26. The molecule has 2 nitrogen and oxygen atoms in total. The normalized spacial score (nSPS) is 26.9. The second-order valence-corrected chi connectivity index (χ2v) is 6.72. The van der Waals surface area contributed by atoms with Crippen LogP contribution in [0.2, 0.25) is 0 Å². The Kier molecular flexibility index (Phi) is 3.64. The van der Waals surface area contributed by atoms with E-state index in [1.807, 2.05) is 0 Å². The van der Waals surface area contributed by atoms with Gasteiger partial charge in [0.25, 0.3) is 0 Å². The van der Waals surface area contributed by atoms with Gasteiger partial charge in [-0.1, -0.05) is 24.3 Å². The standard InChI is InChI=1S/C17H26N2/c1-19-10-3-6-15(7-11-19)16-5-2-4-14(12-16)13-17(18)8-9-17/h2,4-5,12,15H,3,6-11,13,18H2,1H3. The number of hydrogen-bond donors (Lipinski definition) is 1. The maximum absolute atomic E-state index is 6.24. The molecular formula is C17H26N2. The van der Waals surface area contributed by atoms with Crippen molar-refractivity contribution in [3.63, 3.8) is 0 Å². The molecular weight excluding hydrogens is 232 g/mol. The fourth-order valence-electron chi connectivity index (χ4n) is 3.27. The first-order valence-corrected chi connectivity index (χ1v) is 7.71. The maximum atomic E-state index is 6.24. The number of rotatable bonds is 3. The molecule has 19 heavy (non-hydrogen) atoms. The molecule has 0 aromatic heterocycles. The third-order valence-electron chi connectivity index (χ3n) is 4.82. The first-order valence-electron chi connectivity index (χ1n) is 7.71. The van der Waals surface area contributed by atoms with E-state index in [9.17, 15) is 0 Å². The zero-order valence-electron chi connectivity index (χ0n) is 12.1. The highest BCUT2D eigenvalue weighted by Gasteiger charge is 2.37. The minimum atomic E-state index is 0.127. The summed E-state index contributed by atoms with van der Waals surface area (Å²) in [6, 6.07) is 9.21. The molecule has 104 valence electrons. The third-order valence-corrected chi connectivity index (χ3v) is 4.82. The Morgan fingerprint density at radius 1 is 1.26 bits per heavy atom. The van der Waals surface area contributed by atoms with Crippen molar-refractivity contribution in [3.8, 4) is 0 Å². The summed E-state index contributed by atoms with van der Waals surface area (Å²) < 4.78 is 0. The van der Waals surface area contributed by atoms with Crippen LogP contribution in [0.5, 0.6) is 0 Å². The van der Waals surface area contributed by atoms with Gasteiger partial charge in [-0.05, 0) is 75.7 Å². The largest absolute Gasteiger partial charge is 0.325 e. The number of nitrogens with zero attached hydrogens (tertiary/aromatic N) is 1. The average molecular weight is 258 g/mol.